The van der Waals surface area contributed by atoms with Crippen molar-refractivity contribution in [2.45, 2.75) is 12.1 Å². The first-order chi connectivity index (χ1) is 9.16. The van der Waals surface area contributed by atoms with E-state index < -0.39 is 24.1 Å². The van der Waals surface area contributed by atoms with Crippen LogP contribution in [0.3, 0.4) is 0 Å². The van der Waals surface area contributed by atoms with Crippen molar-refractivity contribution in [1.82, 2.24) is 15.6 Å². The number of nitrogens with one attached hydrogen (secondary N) is 2. The molecule has 3 N–H and O–H groups in total. The van der Waals surface area contributed by atoms with E-state index in [2.05, 4.69) is 15.6 Å². The first-order valence-electron chi connectivity index (χ1n) is 5.80. The predicted octanol–water partition coefficient (Wildman–Crippen LogP) is 0.476. The topological polar surface area (TPSA) is 91.3 Å². The number of hydrogen-bond donors (Lipinski definition) is 3. The van der Waals surface area contributed by atoms with Gasteiger partial charge in [-0.1, -0.05) is 18.2 Å². The Morgan fingerprint density at radius 3 is 2.74 bits per heavy atom. The van der Waals surface area contributed by atoms with Gasteiger partial charge in [-0.05, 0) is 17.7 Å². The molecule has 1 fully saturated rings. The fraction of sp³-hybridized carbons (Fsp3) is 0.154. The molecule has 3 rings (SSSR count). The Hall–Kier alpha value is -2.47. The number of urea groups is 1. The molecule has 6 heteroatoms. The molecule has 1 aromatic carbocycles. The van der Waals surface area contributed by atoms with Gasteiger partial charge in [0.15, 0.2) is 0 Å². The van der Waals surface area contributed by atoms with E-state index >= 15 is 0 Å². The largest absolute Gasteiger partial charge is 0.386 e. The monoisotopic (exact) mass is 257 g/mol. The molecule has 2 atom stereocenters. The normalized spacial score (nSPS) is 20.2. The van der Waals surface area contributed by atoms with Gasteiger partial charge in [-0.2, -0.15) is 0 Å². The lowest BCUT2D eigenvalue weighted by Crippen LogP contribution is -2.35. The summed E-state index contributed by atoms with van der Waals surface area (Å²) in [5, 5.41) is 15.6. The second kappa shape index (κ2) is 4.33. The summed E-state index contributed by atoms with van der Waals surface area (Å²) in [5.41, 5.74) is 1.29. The molecule has 0 aliphatic carbocycles. The molecule has 96 valence electrons. The van der Waals surface area contributed by atoms with Crippen LogP contribution in [0.1, 0.15) is 11.7 Å². The van der Waals surface area contributed by atoms with Gasteiger partial charge in [0.2, 0.25) is 0 Å². The standard InChI is InChI=1S/C13H11N3O3/c17-11(10-12(18)16-13(19)15-10)8-5-6-14-9-4-2-1-3-7(8)9/h1-6,10-11,17H,(H2,15,16,18,19). The van der Waals surface area contributed by atoms with Gasteiger partial charge < -0.3 is 10.4 Å². The molecule has 3 amide bonds. The Bertz CT molecular complexity index is 666. The maximum absolute atomic E-state index is 11.6. The Labute approximate surface area is 108 Å². The van der Waals surface area contributed by atoms with E-state index in [1.54, 1.807) is 12.3 Å². The summed E-state index contributed by atoms with van der Waals surface area (Å²) in [7, 11) is 0. The SMILES string of the molecule is O=C1NC(=O)C(C(O)c2ccnc3ccccc23)N1. The summed E-state index contributed by atoms with van der Waals surface area (Å²) < 4.78 is 0. The first kappa shape index (κ1) is 11.6. The molecule has 1 aliphatic rings. The zero-order valence-corrected chi connectivity index (χ0v) is 9.83. The summed E-state index contributed by atoms with van der Waals surface area (Å²) in [6.45, 7) is 0. The van der Waals surface area contributed by atoms with E-state index in [0.29, 0.717) is 5.56 Å². The minimum Gasteiger partial charge on any atom is -0.386 e. The minimum atomic E-state index is -1.11. The van der Waals surface area contributed by atoms with Crippen LogP contribution >= 0.6 is 0 Å². The highest BCUT2D eigenvalue weighted by molar-refractivity contribution is 6.04. The summed E-state index contributed by atoms with van der Waals surface area (Å²) in [5.74, 6) is -0.529. The number of benzene rings is 1. The summed E-state index contributed by atoms with van der Waals surface area (Å²) in [4.78, 5) is 26.8. The molecular weight excluding hydrogens is 246 g/mol. The average molecular weight is 257 g/mol. The number of aromatic nitrogens is 1. The van der Waals surface area contributed by atoms with E-state index in [4.69, 9.17) is 0 Å². The zero-order chi connectivity index (χ0) is 13.4. The molecule has 0 bridgehead atoms. The highest BCUT2D eigenvalue weighted by Crippen LogP contribution is 2.25. The third-order valence-electron chi connectivity index (χ3n) is 3.12. The molecule has 2 aromatic rings. The van der Waals surface area contributed by atoms with Crippen molar-refractivity contribution in [3.8, 4) is 0 Å². The predicted molar refractivity (Wildman–Crippen MR) is 67.2 cm³/mol. The molecule has 2 heterocycles. The van der Waals surface area contributed by atoms with E-state index in [1.165, 1.54) is 0 Å². The fourth-order valence-corrected chi connectivity index (χ4v) is 2.21. The average Bonchev–Trinajstić information content (AvgIpc) is 2.76. The smallest absolute Gasteiger partial charge is 0.322 e. The number of rotatable bonds is 2. The van der Waals surface area contributed by atoms with E-state index in [1.807, 2.05) is 24.3 Å². The minimum absolute atomic E-state index is 0.529. The number of nitrogens with zero attached hydrogens (tertiary/aromatic N) is 1. The molecule has 0 saturated carbocycles. The van der Waals surface area contributed by atoms with Crippen LogP contribution < -0.4 is 10.6 Å². The lowest BCUT2D eigenvalue weighted by Gasteiger charge is -2.17. The quantitative estimate of drug-likeness (QED) is 0.682. The van der Waals surface area contributed by atoms with Crippen molar-refractivity contribution in [3.05, 3.63) is 42.1 Å². The number of aliphatic hydroxyl groups excluding tert-OH is 1. The number of pyridine rings is 1. The molecule has 0 radical (unpaired) electrons. The van der Waals surface area contributed by atoms with Crippen molar-refractivity contribution < 1.29 is 14.7 Å². The number of carbonyl (C=O) groups excluding carboxylic acids is 2. The van der Waals surface area contributed by atoms with Gasteiger partial charge in [0.25, 0.3) is 5.91 Å². The van der Waals surface area contributed by atoms with Crippen molar-refractivity contribution in [2.24, 2.45) is 0 Å². The van der Waals surface area contributed by atoms with Crippen molar-refractivity contribution in [1.29, 1.82) is 0 Å². The summed E-state index contributed by atoms with van der Waals surface area (Å²) >= 11 is 0. The van der Waals surface area contributed by atoms with Gasteiger partial charge in [0.1, 0.15) is 12.1 Å². The molecule has 6 nitrogen and oxygen atoms in total. The summed E-state index contributed by atoms with van der Waals surface area (Å²) in [6, 6.07) is 7.38. The Balaban J connectivity index is 2.04. The van der Waals surface area contributed by atoms with Crippen LogP contribution in [0.4, 0.5) is 4.79 Å². The number of amides is 3. The van der Waals surface area contributed by atoms with Gasteiger partial charge in [0.05, 0.1) is 5.52 Å². The van der Waals surface area contributed by atoms with Crippen LogP contribution in [-0.2, 0) is 4.79 Å². The second-order valence-electron chi connectivity index (χ2n) is 4.30. The lowest BCUT2D eigenvalue weighted by molar-refractivity contribution is -0.122. The van der Waals surface area contributed by atoms with E-state index in [0.717, 1.165) is 10.9 Å². The van der Waals surface area contributed by atoms with E-state index in [-0.39, 0.29) is 0 Å². The highest BCUT2D eigenvalue weighted by atomic mass is 16.3. The number of carbonyl (C=O) groups is 2. The zero-order valence-electron chi connectivity index (χ0n) is 9.83. The summed E-state index contributed by atoms with van der Waals surface area (Å²) in [6.07, 6.45) is 0.453. The maximum atomic E-state index is 11.6. The molecule has 1 aromatic heterocycles. The highest BCUT2D eigenvalue weighted by Gasteiger charge is 2.36. The van der Waals surface area contributed by atoms with Crippen LogP contribution in [0.15, 0.2) is 36.5 Å². The Morgan fingerprint density at radius 1 is 1.21 bits per heavy atom. The van der Waals surface area contributed by atoms with E-state index in [9.17, 15) is 14.7 Å². The number of imide groups is 1. The molecule has 0 spiro atoms. The fourth-order valence-electron chi connectivity index (χ4n) is 2.21. The second-order valence-corrected chi connectivity index (χ2v) is 4.30. The molecule has 2 unspecified atom stereocenters. The molecule has 19 heavy (non-hydrogen) atoms. The molecule has 1 saturated heterocycles. The first-order valence-corrected chi connectivity index (χ1v) is 5.80. The van der Waals surface area contributed by atoms with Crippen molar-refractivity contribution >= 4 is 22.8 Å². The van der Waals surface area contributed by atoms with Gasteiger partial charge in [-0.25, -0.2) is 4.79 Å². The van der Waals surface area contributed by atoms with Gasteiger partial charge >= 0.3 is 6.03 Å². The molecule has 1 aliphatic heterocycles. The van der Waals surface area contributed by atoms with Crippen LogP contribution in [0, 0.1) is 0 Å². The number of aliphatic hydroxyl groups is 1. The van der Waals surface area contributed by atoms with Gasteiger partial charge in [-0.15, -0.1) is 0 Å². The third-order valence-corrected chi connectivity index (χ3v) is 3.12. The maximum Gasteiger partial charge on any atom is 0.322 e. The van der Waals surface area contributed by atoms with Crippen LogP contribution in [0.2, 0.25) is 0 Å². The van der Waals surface area contributed by atoms with Gasteiger partial charge in [0, 0.05) is 11.6 Å². The van der Waals surface area contributed by atoms with Crippen molar-refractivity contribution in [2.75, 3.05) is 0 Å². The van der Waals surface area contributed by atoms with Gasteiger partial charge in [-0.3, -0.25) is 15.1 Å². The van der Waals surface area contributed by atoms with Crippen LogP contribution in [0.25, 0.3) is 10.9 Å². The lowest BCUT2D eigenvalue weighted by atomic mass is 9.99. The number of hydrogen-bond acceptors (Lipinski definition) is 4. The Morgan fingerprint density at radius 2 is 2.00 bits per heavy atom. The molecular formula is C13H11N3O3. The Kier molecular flexibility index (Phi) is 2.64. The van der Waals surface area contributed by atoms with Crippen LogP contribution in [-0.4, -0.2) is 28.1 Å². The third kappa shape index (κ3) is 1.92. The van der Waals surface area contributed by atoms with Crippen molar-refractivity contribution in [3.63, 3.8) is 0 Å². The number of para-hydroxylation sites is 1. The number of fused-ring (bicyclic) bond motifs is 1. The van der Waals surface area contributed by atoms with Crippen LogP contribution in [0.5, 0.6) is 0 Å².